The maximum Gasteiger partial charge on any atom is 0.159 e. The van der Waals surface area contributed by atoms with Crippen molar-refractivity contribution < 1.29 is 0 Å². The summed E-state index contributed by atoms with van der Waals surface area (Å²) in [4.78, 5) is 4.28. The Hall–Kier alpha value is 0.110. The Labute approximate surface area is 73.6 Å². The van der Waals surface area contributed by atoms with Gasteiger partial charge in [-0.1, -0.05) is 13.3 Å². The van der Waals surface area contributed by atoms with Crippen LogP contribution in [0.15, 0.2) is 9.30 Å². The van der Waals surface area contributed by atoms with Crippen molar-refractivity contribution in [2.24, 2.45) is 0 Å². The fourth-order valence-electron chi connectivity index (χ4n) is 0.755. The van der Waals surface area contributed by atoms with E-state index in [1.54, 1.807) is 11.3 Å². The average molecular weight is 220 g/mol. The zero-order chi connectivity index (χ0) is 7.40. The normalized spacial score (nSPS) is 10.2. The predicted octanol–water partition coefficient (Wildman–Crippen LogP) is 3.25. The number of unbranched alkanes of at least 4 members (excludes halogenated alkanes) is 1. The Bertz CT molecular complexity index is 197. The molecule has 0 atom stereocenters. The first-order valence-electron chi connectivity index (χ1n) is 3.43. The lowest BCUT2D eigenvalue weighted by molar-refractivity contribution is 0.780. The van der Waals surface area contributed by atoms with Crippen LogP contribution in [-0.2, 0) is 6.42 Å². The molecule has 0 unspecified atom stereocenters. The van der Waals surface area contributed by atoms with E-state index in [2.05, 4.69) is 33.2 Å². The van der Waals surface area contributed by atoms with Crippen molar-refractivity contribution in [1.82, 2.24) is 4.98 Å². The molecular weight excluding hydrogens is 210 g/mol. The Kier molecular flexibility index (Phi) is 3.35. The summed E-state index contributed by atoms with van der Waals surface area (Å²) in [6, 6.07) is 0. The van der Waals surface area contributed by atoms with Crippen molar-refractivity contribution in [3.8, 4) is 0 Å². The van der Waals surface area contributed by atoms with Gasteiger partial charge in [0.1, 0.15) is 0 Å². The highest BCUT2D eigenvalue weighted by Gasteiger charge is 1.96. The number of hydrogen-bond donors (Lipinski definition) is 0. The lowest BCUT2D eigenvalue weighted by Crippen LogP contribution is -1.82. The molecule has 0 fully saturated rings. The number of thiazole rings is 1. The van der Waals surface area contributed by atoms with Gasteiger partial charge in [0.05, 0.1) is 5.69 Å². The second-order valence-corrected chi connectivity index (χ2v) is 4.33. The van der Waals surface area contributed by atoms with Crippen LogP contribution in [0.4, 0.5) is 0 Å². The monoisotopic (exact) mass is 219 g/mol. The minimum absolute atomic E-state index is 0.999. The van der Waals surface area contributed by atoms with Gasteiger partial charge in [-0.3, -0.25) is 0 Å². The molecule has 0 amide bonds. The van der Waals surface area contributed by atoms with Gasteiger partial charge in [-0.25, -0.2) is 4.98 Å². The van der Waals surface area contributed by atoms with E-state index in [1.165, 1.54) is 18.5 Å². The summed E-state index contributed by atoms with van der Waals surface area (Å²) in [5.41, 5.74) is 1.22. The average Bonchev–Trinajstić information content (AvgIpc) is 2.31. The van der Waals surface area contributed by atoms with E-state index in [-0.39, 0.29) is 0 Å². The van der Waals surface area contributed by atoms with Gasteiger partial charge >= 0.3 is 0 Å². The van der Waals surface area contributed by atoms with Crippen molar-refractivity contribution in [2.75, 3.05) is 0 Å². The lowest BCUT2D eigenvalue weighted by atomic mass is 10.2. The van der Waals surface area contributed by atoms with Crippen molar-refractivity contribution in [2.45, 2.75) is 26.2 Å². The van der Waals surface area contributed by atoms with Gasteiger partial charge in [-0.05, 0) is 28.8 Å². The third-order valence-electron chi connectivity index (χ3n) is 1.31. The van der Waals surface area contributed by atoms with Crippen LogP contribution < -0.4 is 0 Å². The molecule has 1 aromatic rings. The molecule has 1 aromatic heterocycles. The smallest absolute Gasteiger partial charge is 0.159 e. The molecule has 10 heavy (non-hydrogen) atoms. The fraction of sp³-hybridized carbons (Fsp3) is 0.571. The Morgan fingerprint density at radius 1 is 1.70 bits per heavy atom. The number of halogens is 1. The quantitative estimate of drug-likeness (QED) is 0.761. The SMILES string of the molecule is CCCCc1csc(Br)n1. The van der Waals surface area contributed by atoms with Crippen LogP contribution in [0.3, 0.4) is 0 Å². The van der Waals surface area contributed by atoms with Crippen molar-refractivity contribution in [1.29, 1.82) is 0 Å². The minimum atomic E-state index is 0.999. The lowest BCUT2D eigenvalue weighted by Gasteiger charge is -1.89. The van der Waals surface area contributed by atoms with Crippen LogP contribution in [-0.4, -0.2) is 4.98 Å². The van der Waals surface area contributed by atoms with Crippen molar-refractivity contribution in [3.63, 3.8) is 0 Å². The first-order valence-corrected chi connectivity index (χ1v) is 5.10. The summed E-state index contributed by atoms with van der Waals surface area (Å²) >= 11 is 4.99. The zero-order valence-corrected chi connectivity index (χ0v) is 8.33. The van der Waals surface area contributed by atoms with Crippen molar-refractivity contribution >= 4 is 27.3 Å². The fourth-order valence-corrected chi connectivity index (χ4v) is 1.84. The molecule has 0 bridgehead atoms. The molecule has 0 saturated carbocycles. The number of aromatic nitrogens is 1. The first kappa shape index (κ1) is 8.21. The van der Waals surface area contributed by atoms with E-state index in [9.17, 15) is 0 Å². The van der Waals surface area contributed by atoms with Crippen LogP contribution in [0.5, 0.6) is 0 Å². The third kappa shape index (κ3) is 2.39. The molecule has 0 aliphatic rings. The second kappa shape index (κ2) is 4.09. The molecule has 0 aromatic carbocycles. The highest BCUT2D eigenvalue weighted by molar-refractivity contribution is 9.11. The topological polar surface area (TPSA) is 12.9 Å². The summed E-state index contributed by atoms with van der Waals surface area (Å²) in [5.74, 6) is 0. The third-order valence-corrected chi connectivity index (χ3v) is 2.72. The molecular formula is C7H10BrNS. The maximum atomic E-state index is 4.28. The Morgan fingerprint density at radius 2 is 2.50 bits per heavy atom. The number of rotatable bonds is 3. The minimum Gasteiger partial charge on any atom is -0.234 e. The zero-order valence-electron chi connectivity index (χ0n) is 5.93. The highest BCUT2D eigenvalue weighted by Crippen LogP contribution is 2.16. The van der Waals surface area contributed by atoms with Gasteiger partial charge in [-0.15, -0.1) is 11.3 Å². The molecule has 0 saturated heterocycles. The van der Waals surface area contributed by atoms with Gasteiger partial charge in [0.2, 0.25) is 0 Å². The van der Waals surface area contributed by atoms with E-state index in [1.807, 2.05) is 0 Å². The molecule has 0 spiro atoms. The van der Waals surface area contributed by atoms with E-state index in [0.717, 1.165) is 10.3 Å². The standard InChI is InChI=1S/C7H10BrNS/c1-2-3-4-6-5-10-7(8)9-6/h5H,2-4H2,1H3. The van der Waals surface area contributed by atoms with Gasteiger partial charge in [0.25, 0.3) is 0 Å². The maximum absolute atomic E-state index is 4.28. The second-order valence-electron chi connectivity index (χ2n) is 2.20. The van der Waals surface area contributed by atoms with E-state index >= 15 is 0 Å². The van der Waals surface area contributed by atoms with Crippen LogP contribution in [0.25, 0.3) is 0 Å². The Balaban J connectivity index is 2.42. The Morgan fingerprint density at radius 3 is 3.00 bits per heavy atom. The van der Waals surface area contributed by atoms with Gasteiger partial charge in [0, 0.05) is 5.38 Å². The molecule has 0 radical (unpaired) electrons. The molecule has 1 rings (SSSR count). The van der Waals surface area contributed by atoms with Crippen LogP contribution in [0.1, 0.15) is 25.5 Å². The predicted molar refractivity (Wildman–Crippen MR) is 48.4 cm³/mol. The summed E-state index contributed by atoms with van der Waals surface area (Å²) < 4.78 is 0.999. The van der Waals surface area contributed by atoms with E-state index < -0.39 is 0 Å². The summed E-state index contributed by atoms with van der Waals surface area (Å²) in [5, 5.41) is 2.11. The summed E-state index contributed by atoms with van der Waals surface area (Å²) in [6.07, 6.45) is 3.61. The molecule has 0 aliphatic heterocycles. The van der Waals surface area contributed by atoms with Crippen molar-refractivity contribution in [3.05, 3.63) is 15.0 Å². The molecule has 0 aliphatic carbocycles. The molecule has 0 N–H and O–H groups in total. The highest BCUT2D eigenvalue weighted by atomic mass is 79.9. The molecule has 56 valence electrons. The van der Waals surface area contributed by atoms with Crippen LogP contribution >= 0.6 is 27.3 Å². The summed E-state index contributed by atoms with van der Waals surface area (Å²) in [6.45, 7) is 2.20. The van der Waals surface area contributed by atoms with E-state index in [0.29, 0.717) is 0 Å². The van der Waals surface area contributed by atoms with Gasteiger partial charge < -0.3 is 0 Å². The molecule has 1 nitrogen and oxygen atoms in total. The van der Waals surface area contributed by atoms with Gasteiger partial charge in [-0.2, -0.15) is 0 Å². The van der Waals surface area contributed by atoms with Crippen LogP contribution in [0.2, 0.25) is 0 Å². The largest absolute Gasteiger partial charge is 0.234 e. The van der Waals surface area contributed by atoms with Gasteiger partial charge in [0.15, 0.2) is 3.92 Å². The number of nitrogens with zero attached hydrogens (tertiary/aromatic N) is 1. The number of hydrogen-bond acceptors (Lipinski definition) is 2. The van der Waals surface area contributed by atoms with E-state index in [4.69, 9.17) is 0 Å². The molecule has 1 heterocycles. The first-order chi connectivity index (χ1) is 4.83. The van der Waals surface area contributed by atoms with Crippen LogP contribution in [0, 0.1) is 0 Å². The number of aryl methyl sites for hydroxylation is 1. The molecule has 3 heteroatoms. The summed E-state index contributed by atoms with van der Waals surface area (Å²) in [7, 11) is 0.